The number of carbonyl (C=O) groups is 2. The van der Waals surface area contributed by atoms with Gasteiger partial charge >= 0.3 is 0 Å². The number of nitrogens with one attached hydrogen (secondary N) is 1. The largest absolute Gasteiger partial charge is 0.487 e. The monoisotopic (exact) mass is 446 g/mol. The van der Waals surface area contributed by atoms with Gasteiger partial charge in [0.25, 0.3) is 0 Å². The Morgan fingerprint density at radius 1 is 1.18 bits per heavy atom. The predicted octanol–water partition coefficient (Wildman–Crippen LogP) is 2.72. The molecule has 0 unspecified atom stereocenters. The van der Waals surface area contributed by atoms with E-state index >= 15 is 0 Å². The first kappa shape index (κ1) is 21.1. The van der Waals surface area contributed by atoms with E-state index in [1.807, 2.05) is 30.3 Å². The van der Waals surface area contributed by atoms with E-state index < -0.39 is 0 Å². The summed E-state index contributed by atoms with van der Waals surface area (Å²) in [5.74, 6) is 0.0397. The van der Waals surface area contributed by atoms with E-state index in [1.54, 1.807) is 23.5 Å². The van der Waals surface area contributed by atoms with Crippen molar-refractivity contribution in [2.75, 3.05) is 19.6 Å². The van der Waals surface area contributed by atoms with Gasteiger partial charge in [0.2, 0.25) is 11.8 Å². The molecule has 1 fully saturated rings. The summed E-state index contributed by atoms with van der Waals surface area (Å²) in [6.07, 6.45) is 5.21. The van der Waals surface area contributed by atoms with Crippen molar-refractivity contribution in [3.63, 3.8) is 0 Å². The van der Waals surface area contributed by atoms with E-state index in [0.717, 1.165) is 11.1 Å². The van der Waals surface area contributed by atoms with Crippen molar-refractivity contribution < 1.29 is 18.7 Å². The highest BCUT2D eigenvalue weighted by atomic mass is 19.1. The molecule has 0 spiro atoms. The lowest BCUT2D eigenvalue weighted by Gasteiger charge is -2.18. The van der Waals surface area contributed by atoms with E-state index in [-0.39, 0.29) is 42.7 Å². The smallest absolute Gasteiger partial charge is 0.239 e. The molecule has 2 aliphatic rings. The van der Waals surface area contributed by atoms with Gasteiger partial charge in [0.05, 0.1) is 25.0 Å². The molecule has 2 aliphatic heterocycles. The Bertz CT molecular complexity index is 1170. The molecule has 8 heteroatoms. The summed E-state index contributed by atoms with van der Waals surface area (Å²) in [5.41, 5.74) is 2.91. The van der Waals surface area contributed by atoms with E-state index in [9.17, 15) is 14.0 Å². The van der Waals surface area contributed by atoms with Crippen LogP contribution in [0.25, 0.3) is 11.3 Å². The average molecular weight is 446 g/mol. The lowest BCUT2D eigenvalue weighted by atomic mass is 9.99. The second kappa shape index (κ2) is 8.97. The third kappa shape index (κ3) is 4.55. The fourth-order valence-corrected chi connectivity index (χ4v) is 4.47. The summed E-state index contributed by atoms with van der Waals surface area (Å²) in [7, 11) is 0. The van der Waals surface area contributed by atoms with Crippen LogP contribution in [0.15, 0.2) is 61.1 Å². The zero-order valence-electron chi connectivity index (χ0n) is 17.9. The summed E-state index contributed by atoms with van der Waals surface area (Å²) >= 11 is 0. The molecule has 2 aromatic carbocycles. The Morgan fingerprint density at radius 3 is 2.82 bits per heavy atom. The van der Waals surface area contributed by atoms with Crippen LogP contribution in [-0.2, 0) is 16.0 Å². The minimum Gasteiger partial charge on any atom is -0.487 e. The summed E-state index contributed by atoms with van der Waals surface area (Å²) in [6.45, 7) is 0.808. The van der Waals surface area contributed by atoms with Gasteiger partial charge in [0.1, 0.15) is 17.7 Å². The van der Waals surface area contributed by atoms with Crippen LogP contribution in [0.1, 0.15) is 23.5 Å². The van der Waals surface area contributed by atoms with Crippen LogP contribution in [0, 0.1) is 5.82 Å². The number of amides is 2. The van der Waals surface area contributed by atoms with E-state index in [4.69, 9.17) is 4.74 Å². The lowest BCUT2D eigenvalue weighted by molar-refractivity contribution is -0.133. The Morgan fingerprint density at radius 2 is 2.03 bits per heavy atom. The molecule has 33 heavy (non-hydrogen) atoms. The molecule has 2 amide bonds. The highest BCUT2D eigenvalue weighted by Gasteiger charge is 2.32. The van der Waals surface area contributed by atoms with Crippen molar-refractivity contribution in [3.05, 3.63) is 78.0 Å². The lowest BCUT2D eigenvalue weighted by Crippen LogP contribution is -2.41. The Hall–Kier alpha value is -3.81. The molecule has 5 rings (SSSR count). The zero-order chi connectivity index (χ0) is 22.8. The van der Waals surface area contributed by atoms with Crippen LogP contribution < -0.4 is 10.1 Å². The van der Waals surface area contributed by atoms with Crippen LogP contribution in [0.5, 0.6) is 5.75 Å². The van der Waals surface area contributed by atoms with Crippen molar-refractivity contribution in [1.82, 2.24) is 20.2 Å². The SMILES string of the molecule is O=C(CN1C[C@@H](c2ccccc2)CC1=O)NC[C@H]1Cc2cc(F)cc(-c3cnccn3)c2O1. The Balaban J connectivity index is 1.18. The number of hydrogen-bond acceptors (Lipinski definition) is 5. The molecule has 1 N–H and O–H groups in total. The fraction of sp³-hybridized carbons (Fsp3) is 0.280. The second-order valence-corrected chi connectivity index (χ2v) is 8.37. The molecule has 3 heterocycles. The Kier molecular flexibility index (Phi) is 5.73. The van der Waals surface area contributed by atoms with Gasteiger partial charge in [-0.3, -0.25) is 19.6 Å². The quantitative estimate of drug-likeness (QED) is 0.630. The summed E-state index contributed by atoms with van der Waals surface area (Å²) in [5, 5.41) is 2.86. The van der Waals surface area contributed by atoms with Crippen molar-refractivity contribution >= 4 is 11.8 Å². The van der Waals surface area contributed by atoms with Crippen molar-refractivity contribution in [2.45, 2.75) is 24.9 Å². The van der Waals surface area contributed by atoms with Gasteiger partial charge in [-0.15, -0.1) is 0 Å². The molecule has 0 radical (unpaired) electrons. The first-order valence-corrected chi connectivity index (χ1v) is 10.9. The second-order valence-electron chi connectivity index (χ2n) is 8.37. The van der Waals surface area contributed by atoms with Crippen LogP contribution >= 0.6 is 0 Å². The minimum absolute atomic E-state index is 0.0152. The van der Waals surface area contributed by atoms with E-state index in [2.05, 4.69) is 15.3 Å². The number of benzene rings is 2. The number of ether oxygens (including phenoxy) is 1. The third-order valence-corrected chi connectivity index (χ3v) is 6.05. The molecule has 2 atom stereocenters. The number of likely N-dealkylation sites (tertiary alicyclic amines) is 1. The summed E-state index contributed by atoms with van der Waals surface area (Å²) in [6, 6.07) is 12.7. The van der Waals surface area contributed by atoms with E-state index in [0.29, 0.717) is 36.4 Å². The van der Waals surface area contributed by atoms with Gasteiger partial charge in [-0.05, 0) is 17.7 Å². The van der Waals surface area contributed by atoms with Crippen LogP contribution in [0.4, 0.5) is 4.39 Å². The normalized spacial score (nSPS) is 19.3. The molecule has 0 saturated carbocycles. The van der Waals surface area contributed by atoms with Gasteiger partial charge in [0, 0.05) is 48.8 Å². The molecule has 7 nitrogen and oxygen atoms in total. The minimum atomic E-state index is -0.372. The van der Waals surface area contributed by atoms with Crippen molar-refractivity contribution in [3.8, 4) is 17.0 Å². The van der Waals surface area contributed by atoms with Crippen molar-refractivity contribution in [1.29, 1.82) is 0 Å². The molecule has 1 aromatic heterocycles. The summed E-state index contributed by atoms with van der Waals surface area (Å²) in [4.78, 5) is 34.8. The maximum Gasteiger partial charge on any atom is 0.239 e. The maximum absolute atomic E-state index is 14.2. The fourth-order valence-electron chi connectivity index (χ4n) is 4.47. The zero-order valence-corrected chi connectivity index (χ0v) is 17.9. The predicted molar refractivity (Wildman–Crippen MR) is 119 cm³/mol. The Labute approximate surface area is 190 Å². The standard InChI is InChI=1S/C25H23FN4O3/c26-19-8-17-9-20(33-25(17)21(11-19)22-13-27-6-7-28-22)12-29-23(31)15-30-14-18(10-24(30)32)16-4-2-1-3-5-16/h1-8,11,13,18,20H,9-10,12,14-15H2,(H,29,31)/t18-,20+/m0/s1. The van der Waals surface area contributed by atoms with Gasteiger partial charge < -0.3 is 15.0 Å². The average Bonchev–Trinajstić information content (AvgIpc) is 3.41. The third-order valence-electron chi connectivity index (χ3n) is 6.05. The van der Waals surface area contributed by atoms with Crippen LogP contribution in [-0.4, -0.2) is 52.4 Å². The highest BCUT2D eigenvalue weighted by Crippen LogP contribution is 2.38. The number of rotatable bonds is 6. The van der Waals surface area contributed by atoms with Crippen LogP contribution in [0.2, 0.25) is 0 Å². The number of fused-ring (bicyclic) bond motifs is 1. The molecular formula is C25H23FN4O3. The highest BCUT2D eigenvalue weighted by molar-refractivity contribution is 5.86. The first-order valence-electron chi connectivity index (χ1n) is 10.9. The number of nitrogens with zero attached hydrogens (tertiary/aromatic N) is 3. The number of hydrogen-bond donors (Lipinski definition) is 1. The van der Waals surface area contributed by atoms with Crippen LogP contribution in [0.3, 0.4) is 0 Å². The molecule has 168 valence electrons. The topological polar surface area (TPSA) is 84.4 Å². The molecule has 3 aromatic rings. The summed E-state index contributed by atoms with van der Waals surface area (Å²) < 4.78 is 20.2. The van der Waals surface area contributed by atoms with Gasteiger partial charge in [-0.25, -0.2) is 4.39 Å². The molecular weight excluding hydrogens is 423 g/mol. The van der Waals surface area contributed by atoms with Gasteiger partial charge in [-0.1, -0.05) is 30.3 Å². The maximum atomic E-state index is 14.2. The van der Waals surface area contributed by atoms with E-state index in [1.165, 1.54) is 12.1 Å². The molecule has 1 saturated heterocycles. The number of aromatic nitrogens is 2. The first-order chi connectivity index (χ1) is 16.1. The number of carbonyl (C=O) groups excluding carboxylic acids is 2. The number of halogens is 1. The van der Waals surface area contributed by atoms with Gasteiger partial charge in [0.15, 0.2) is 0 Å². The van der Waals surface area contributed by atoms with Gasteiger partial charge in [-0.2, -0.15) is 0 Å². The van der Waals surface area contributed by atoms with Crippen molar-refractivity contribution in [2.24, 2.45) is 0 Å². The molecule has 0 bridgehead atoms. The molecule has 0 aliphatic carbocycles.